The average molecular weight is 541 g/mol. The molecule has 0 spiro atoms. The number of hydrogen-bond donors (Lipinski definition) is 4. The monoisotopic (exact) mass is 540 g/mol. The van der Waals surface area contributed by atoms with Crippen LogP contribution in [0.5, 0.6) is 0 Å². The third kappa shape index (κ3) is 4.53. The molecule has 6 unspecified atom stereocenters. The Kier molecular flexibility index (Phi) is 7.19. The summed E-state index contributed by atoms with van der Waals surface area (Å²) in [6.07, 6.45) is 1.56. The molecule has 4 rings (SSSR count). The van der Waals surface area contributed by atoms with Crippen LogP contribution in [0.15, 0.2) is 46.1 Å². The van der Waals surface area contributed by atoms with Gasteiger partial charge in [0.1, 0.15) is 22.7 Å². The third-order valence-corrected chi connectivity index (χ3v) is 8.46. The van der Waals surface area contributed by atoms with E-state index in [2.05, 4.69) is 10.6 Å². The summed E-state index contributed by atoms with van der Waals surface area (Å²) in [7, 11) is 0. The van der Waals surface area contributed by atoms with Gasteiger partial charge in [-0.25, -0.2) is 0 Å². The maximum Gasteiger partial charge on any atom is 0.249 e. The van der Waals surface area contributed by atoms with Crippen molar-refractivity contribution in [1.29, 1.82) is 0 Å². The smallest absolute Gasteiger partial charge is 0.249 e. The van der Waals surface area contributed by atoms with Crippen molar-refractivity contribution in [2.45, 2.75) is 110 Å². The number of hydrogen-bond acceptors (Lipinski definition) is 8. The van der Waals surface area contributed by atoms with Gasteiger partial charge in [0.2, 0.25) is 11.8 Å². The van der Waals surface area contributed by atoms with Crippen molar-refractivity contribution >= 4 is 23.4 Å². The van der Waals surface area contributed by atoms with Crippen molar-refractivity contribution in [2.75, 3.05) is 0 Å². The summed E-state index contributed by atoms with van der Waals surface area (Å²) in [4.78, 5) is 57.1. The van der Waals surface area contributed by atoms with Crippen molar-refractivity contribution in [3.8, 4) is 0 Å². The number of allylic oxidation sites excluding steroid dienone is 2. The van der Waals surface area contributed by atoms with Gasteiger partial charge in [-0.2, -0.15) is 0 Å². The minimum absolute atomic E-state index is 0.115. The van der Waals surface area contributed by atoms with E-state index < -0.39 is 47.2 Å². The first-order valence-corrected chi connectivity index (χ1v) is 13.5. The van der Waals surface area contributed by atoms with Crippen LogP contribution in [-0.2, 0) is 19.2 Å². The van der Waals surface area contributed by atoms with Crippen molar-refractivity contribution < 1.29 is 29.4 Å². The van der Waals surface area contributed by atoms with Crippen LogP contribution in [0.2, 0.25) is 0 Å². The maximum atomic E-state index is 14.0. The summed E-state index contributed by atoms with van der Waals surface area (Å²) in [5, 5.41) is 27.0. The van der Waals surface area contributed by atoms with E-state index in [0.717, 1.165) is 11.1 Å². The highest BCUT2D eigenvalue weighted by atomic mass is 16.3. The number of nitrogens with zero attached hydrogens (tertiary/aromatic N) is 2. The molecule has 4 heterocycles. The first-order chi connectivity index (χ1) is 18.0. The number of ketones is 2. The van der Waals surface area contributed by atoms with Gasteiger partial charge in [-0.3, -0.25) is 19.2 Å². The van der Waals surface area contributed by atoms with Crippen LogP contribution in [0.1, 0.15) is 74.7 Å². The van der Waals surface area contributed by atoms with E-state index in [9.17, 15) is 29.4 Å². The number of fused-ring (bicyclic) bond motifs is 2. The molecule has 212 valence electrons. The van der Waals surface area contributed by atoms with Gasteiger partial charge in [0.05, 0.1) is 24.3 Å². The van der Waals surface area contributed by atoms with Gasteiger partial charge in [0.15, 0.2) is 11.6 Å². The first-order valence-electron chi connectivity index (χ1n) is 13.5. The number of rotatable bonds is 6. The highest BCUT2D eigenvalue weighted by Gasteiger charge is 2.61. The summed E-state index contributed by atoms with van der Waals surface area (Å²) in [6.45, 7) is 14.2. The van der Waals surface area contributed by atoms with Crippen LogP contribution < -0.4 is 10.6 Å². The van der Waals surface area contributed by atoms with E-state index in [0.29, 0.717) is 0 Å². The number of aliphatic hydroxyl groups excluding tert-OH is 2. The molecule has 2 fully saturated rings. The second-order valence-corrected chi connectivity index (χ2v) is 12.2. The Balaban J connectivity index is 1.86. The molecular formula is C29H40N4O6. The van der Waals surface area contributed by atoms with Crippen LogP contribution in [0.25, 0.3) is 0 Å². The van der Waals surface area contributed by atoms with Crippen LogP contribution in [0, 0.1) is 0 Å². The second-order valence-electron chi connectivity index (χ2n) is 12.2. The summed E-state index contributed by atoms with van der Waals surface area (Å²) >= 11 is 0. The Morgan fingerprint density at radius 1 is 0.795 bits per heavy atom. The van der Waals surface area contributed by atoms with Gasteiger partial charge < -0.3 is 30.6 Å². The predicted octanol–water partition coefficient (Wildman–Crippen LogP) is 1.56. The van der Waals surface area contributed by atoms with Gasteiger partial charge in [-0.1, -0.05) is 11.1 Å². The predicted molar refractivity (Wildman–Crippen MR) is 144 cm³/mol. The highest BCUT2D eigenvalue weighted by molar-refractivity contribution is 6.12. The standard InChI is InChI=1S/C29H40N4O6/c1-14(2)9-22(36)30-26-18(24(38)28(7)12-20(34)16(5)32(26)28)11-19-25(39)29(8)13-21(35)17(6)33(29)27(19)31-23(37)10-15(3)4/h9-10,16-17,20-21,34-35H,11-13H2,1-8H3,(H,30,36)(H,31,37). The molecule has 0 saturated carbocycles. The summed E-state index contributed by atoms with van der Waals surface area (Å²) in [6, 6.07) is -0.890. The van der Waals surface area contributed by atoms with E-state index >= 15 is 0 Å². The summed E-state index contributed by atoms with van der Waals surface area (Å²) in [5.74, 6) is -0.843. The zero-order chi connectivity index (χ0) is 29.2. The molecule has 4 N–H and O–H groups in total. The second kappa shape index (κ2) is 9.75. The topological polar surface area (TPSA) is 139 Å². The Morgan fingerprint density at radius 3 is 1.44 bits per heavy atom. The van der Waals surface area contributed by atoms with E-state index in [4.69, 9.17) is 0 Å². The Hall–Kier alpha value is -3.24. The molecule has 10 nitrogen and oxygen atoms in total. The average Bonchev–Trinajstić information content (AvgIpc) is 3.33. The molecule has 0 bridgehead atoms. The molecule has 0 radical (unpaired) electrons. The molecule has 4 aliphatic rings. The summed E-state index contributed by atoms with van der Waals surface area (Å²) < 4.78 is 0. The van der Waals surface area contributed by atoms with Crippen LogP contribution in [0.4, 0.5) is 0 Å². The lowest BCUT2D eigenvalue weighted by atomic mass is 9.85. The fraction of sp³-hybridized carbons (Fsp3) is 0.586. The molecule has 0 aromatic heterocycles. The van der Waals surface area contributed by atoms with E-state index in [-0.39, 0.29) is 53.6 Å². The number of aliphatic hydroxyl groups is 2. The molecular weight excluding hydrogens is 500 g/mol. The first kappa shape index (κ1) is 28.8. The van der Waals surface area contributed by atoms with Gasteiger partial charge in [-0.15, -0.1) is 0 Å². The van der Waals surface area contributed by atoms with Gasteiger partial charge >= 0.3 is 0 Å². The zero-order valence-corrected chi connectivity index (χ0v) is 24.0. The molecule has 2 amide bonds. The molecule has 0 aliphatic carbocycles. The fourth-order valence-corrected chi connectivity index (χ4v) is 6.66. The lowest BCUT2D eigenvalue weighted by molar-refractivity contribution is -0.123. The largest absolute Gasteiger partial charge is 0.391 e. The minimum atomic E-state index is -1.08. The SMILES string of the molecule is CC(C)=CC(=O)NC1=C(CC2=C(NC(=O)C=C(C)C)N3C(C)C(O)CC3(C)C2=O)C(=O)C2(C)CC(O)C(C)N12. The lowest BCUT2D eigenvalue weighted by Gasteiger charge is -2.33. The summed E-state index contributed by atoms with van der Waals surface area (Å²) in [5.41, 5.74) is -0.118. The van der Waals surface area contributed by atoms with Gasteiger partial charge in [0.25, 0.3) is 0 Å². The van der Waals surface area contributed by atoms with E-state index in [1.54, 1.807) is 65.2 Å². The molecule has 2 saturated heterocycles. The number of Topliss-reactive ketones (excluding diaryl/α,β-unsaturated/α-hetero) is 2. The third-order valence-electron chi connectivity index (χ3n) is 8.46. The fourth-order valence-electron chi connectivity index (χ4n) is 6.66. The number of amides is 2. The Labute approximate surface area is 229 Å². The van der Waals surface area contributed by atoms with Gasteiger partial charge in [-0.05, 0) is 55.4 Å². The normalized spacial score (nSPS) is 33.5. The number of nitrogens with one attached hydrogen (secondary N) is 2. The zero-order valence-electron chi connectivity index (χ0n) is 24.0. The van der Waals surface area contributed by atoms with Crippen LogP contribution in [0.3, 0.4) is 0 Å². The molecule has 39 heavy (non-hydrogen) atoms. The van der Waals surface area contributed by atoms with Crippen molar-refractivity contribution in [3.63, 3.8) is 0 Å². The quantitative estimate of drug-likeness (QED) is 0.372. The highest BCUT2D eigenvalue weighted by Crippen LogP contribution is 2.49. The van der Waals surface area contributed by atoms with E-state index in [1.165, 1.54) is 12.2 Å². The van der Waals surface area contributed by atoms with Gasteiger partial charge in [0, 0.05) is 42.6 Å². The molecule has 0 aromatic carbocycles. The van der Waals surface area contributed by atoms with Crippen molar-refractivity contribution in [3.05, 3.63) is 46.1 Å². The Bertz CT molecular complexity index is 1170. The molecule has 4 aliphatic heterocycles. The van der Waals surface area contributed by atoms with Crippen LogP contribution in [-0.4, -0.2) is 78.8 Å². The number of carbonyl (C=O) groups excluding carboxylic acids is 4. The van der Waals surface area contributed by atoms with Crippen LogP contribution >= 0.6 is 0 Å². The number of carbonyl (C=O) groups is 4. The molecule has 6 atom stereocenters. The molecule has 10 heteroatoms. The van der Waals surface area contributed by atoms with Crippen molar-refractivity contribution in [1.82, 2.24) is 20.4 Å². The lowest BCUT2D eigenvalue weighted by Crippen LogP contribution is -2.47. The Morgan fingerprint density at radius 2 is 1.13 bits per heavy atom. The van der Waals surface area contributed by atoms with E-state index in [1.807, 2.05) is 0 Å². The minimum Gasteiger partial charge on any atom is -0.391 e. The maximum absolute atomic E-state index is 14.0. The van der Waals surface area contributed by atoms with Crippen molar-refractivity contribution in [2.24, 2.45) is 0 Å². The molecule has 0 aromatic rings.